The van der Waals surface area contributed by atoms with Gasteiger partial charge in [0.25, 0.3) is 5.91 Å². The van der Waals surface area contributed by atoms with E-state index >= 15 is 0 Å². The minimum absolute atomic E-state index is 0.0308. The van der Waals surface area contributed by atoms with E-state index in [0.29, 0.717) is 6.04 Å². The summed E-state index contributed by atoms with van der Waals surface area (Å²) in [4.78, 5) is 14.9. The highest BCUT2D eigenvalue weighted by atomic mass is 16.3. The van der Waals surface area contributed by atoms with Gasteiger partial charge in [-0.05, 0) is 56.5 Å². The summed E-state index contributed by atoms with van der Waals surface area (Å²) in [7, 11) is 0. The molecule has 1 N–H and O–H groups in total. The molecule has 2 fully saturated rings. The van der Waals surface area contributed by atoms with Crippen LogP contribution in [0.4, 0.5) is 0 Å². The Balaban J connectivity index is 1.50. The van der Waals surface area contributed by atoms with Crippen molar-refractivity contribution in [2.24, 2.45) is 5.92 Å². The number of hydrogen-bond acceptors (Lipinski definition) is 3. The summed E-state index contributed by atoms with van der Waals surface area (Å²) in [5.74, 6) is 1.67. The number of nitrogens with one attached hydrogen (secondary N) is 1. The van der Waals surface area contributed by atoms with Crippen LogP contribution in [0.25, 0.3) is 11.0 Å². The van der Waals surface area contributed by atoms with Gasteiger partial charge in [-0.1, -0.05) is 0 Å². The number of hydrogen-bond donors (Lipinski definition) is 1. The highest BCUT2D eigenvalue weighted by molar-refractivity contribution is 5.98. The molecule has 2 bridgehead atoms. The Morgan fingerprint density at radius 3 is 3.10 bits per heavy atom. The van der Waals surface area contributed by atoms with Crippen molar-refractivity contribution in [3.8, 4) is 0 Å². The van der Waals surface area contributed by atoms with Crippen LogP contribution in [-0.2, 0) is 0 Å². The average Bonchev–Trinajstić information content (AvgIpc) is 2.99. The van der Waals surface area contributed by atoms with Gasteiger partial charge in [0.05, 0.1) is 0 Å². The highest BCUT2D eigenvalue weighted by Crippen LogP contribution is 2.27. The van der Waals surface area contributed by atoms with E-state index in [1.165, 1.54) is 19.5 Å². The summed E-state index contributed by atoms with van der Waals surface area (Å²) in [6.07, 6.45) is 2.40. The molecular weight excluding hydrogens is 264 g/mol. The van der Waals surface area contributed by atoms with Gasteiger partial charge in [-0.2, -0.15) is 0 Å². The summed E-state index contributed by atoms with van der Waals surface area (Å²) < 4.78 is 5.55. The van der Waals surface area contributed by atoms with Gasteiger partial charge in [0, 0.05) is 30.1 Å². The largest absolute Gasteiger partial charge is 0.461 e. The Morgan fingerprint density at radius 1 is 1.33 bits per heavy atom. The van der Waals surface area contributed by atoms with Crippen molar-refractivity contribution in [1.82, 2.24) is 10.2 Å². The fraction of sp³-hybridized carbons (Fsp3) is 0.471. The lowest BCUT2D eigenvalue weighted by atomic mass is 9.96. The number of aryl methyl sites for hydroxylation is 1. The Kier molecular flexibility index (Phi) is 3.00. The average molecular weight is 284 g/mol. The third-order valence-electron chi connectivity index (χ3n) is 4.70. The number of piperidine rings is 1. The van der Waals surface area contributed by atoms with Crippen LogP contribution in [0.3, 0.4) is 0 Å². The number of nitrogens with zero attached hydrogens (tertiary/aromatic N) is 1. The maximum Gasteiger partial charge on any atom is 0.251 e. The molecule has 4 nitrogen and oxygen atoms in total. The summed E-state index contributed by atoms with van der Waals surface area (Å²) in [6, 6.07) is 7.90. The van der Waals surface area contributed by atoms with Gasteiger partial charge < -0.3 is 14.6 Å². The summed E-state index contributed by atoms with van der Waals surface area (Å²) in [5.41, 5.74) is 1.56. The van der Waals surface area contributed by atoms with Gasteiger partial charge in [0.1, 0.15) is 11.3 Å². The molecule has 2 aliphatic rings. The molecule has 3 atom stereocenters. The van der Waals surface area contributed by atoms with Gasteiger partial charge >= 0.3 is 0 Å². The van der Waals surface area contributed by atoms with Crippen LogP contribution in [-0.4, -0.2) is 36.5 Å². The van der Waals surface area contributed by atoms with Crippen molar-refractivity contribution >= 4 is 16.9 Å². The Labute approximate surface area is 124 Å². The molecular formula is C17H20N2O2. The van der Waals surface area contributed by atoms with Crippen LogP contribution in [0.1, 0.15) is 29.0 Å². The van der Waals surface area contributed by atoms with E-state index < -0.39 is 0 Å². The normalized spacial score (nSPS) is 28.0. The lowest BCUT2D eigenvalue weighted by Crippen LogP contribution is -2.47. The number of rotatable bonds is 2. The van der Waals surface area contributed by atoms with Gasteiger partial charge in [-0.15, -0.1) is 0 Å². The Hall–Kier alpha value is -1.81. The number of furan rings is 1. The zero-order valence-electron chi connectivity index (χ0n) is 12.3. The summed E-state index contributed by atoms with van der Waals surface area (Å²) in [5, 5.41) is 4.19. The van der Waals surface area contributed by atoms with E-state index in [9.17, 15) is 4.79 Å². The minimum atomic E-state index is 0.0308. The topological polar surface area (TPSA) is 45.5 Å². The molecule has 1 amide bonds. The molecule has 4 heteroatoms. The van der Waals surface area contributed by atoms with E-state index in [4.69, 9.17) is 4.42 Å². The van der Waals surface area contributed by atoms with Gasteiger partial charge in [0.2, 0.25) is 0 Å². The molecule has 0 saturated carbocycles. The second-order valence-corrected chi connectivity index (χ2v) is 6.43. The lowest BCUT2D eigenvalue weighted by molar-refractivity contribution is 0.0909. The first-order chi connectivity index (χ1) is 10.2. The van der Waals surface area contributed by atoms with Crippen molar-refractivity contribution in [3.05, 3.63) is 35.6 Å². The zero-order valence-corrected chi connectivity index (χ0v) is 12.3. The molecule has 0 aliphatic carbocycles. The molecule has 2 aromatic rings. The predicted molar refractivity (Wildman–Crippen MR) is 81.4 cm³/mol. The smallest absolute Gasteiger partial charge is 0.251 e. The summed E-state index contributed by atoms with van der Waals surface area (Å²) in [6.45, 7) is 5.32. The first kappa shape index (κ1) is 12.9. The third-order valence-corrected chi connectivity index (χ3v) is 4.70. The maximum atomic E-state index is 12.4. The van der Waals surface area contributed by atoms with Gasteiger partial charge in [0.15, 0.2) is 0 Å². The molecule has 0 radical (unpaired) electrons. The van der Waals surface area contributed by atoms with E-state index in [0.717, 1.165) is 41.2 Å². The molecule has 1 unspecified atom stereocenters. The molecule has 1 aromatic heterocycles. The van der Waals surface area contributed by atoms with Gasteiger partial charge in [-0.25, -0.2) is 0 Å². The van der Waals surface area contributed by atoms with Crippen molar-refractivity contribution in [3.63, 3.8) is 0 Å². The van der Waals surface area contributed by atoms with E-state index in [1.54, 1.807) is 0 Å². The molecule has 1 aromatic carbocycles. The highest BCUT2D eigenvalue weighted by Gasteiger charge is 2.32. The van der Waals surface area contributed by atoms with Crippen molar-refractivity contribution < 1.29 is 9.21 Å². The predicted octanol–water partition coefficient (Wildman–Crippen LogP) is 2.57. The van der Waals surface area contributed by atoms with E-state index in [1.807, 2.05) is 31.2 Å². The monoisotopic (exact) mass is 284 g/mol. The number of fused-ring (bicyclic) bond motifs is 3. The number of benzene rings is 1. The zero-order chi connectivity index (χ0) is 14.4. The molecule has 4 rings (SSSR count). The second kappa shape index (κ2) is 4.88. The molecule has 2 saturated heterocycles. The van der Waals surface area contributed by atoms with Crippen LogP contribution < -0.4 is 5.32 Å². The fourth-order valence-electron chi connectivity index (χ4n) is 3.75. The number of carbonyl (C=O) groups is 1. The number of amides is 1. The standard InChI is InChI=1S/C17H20N2O2/c1-11-6-14-8-13(2-3-16(14)21-11)17(20)18-15-7-12-4-5-19(9-12)10-15/h2-3,6,8,12,15H,4-5,7,9-10H2,1H3,(H,18,20)/t12-,15+/m0/s1. The second-order valence-electron chi connectivity index (χ2n) is 6.43. The minimum Gasteiger partial charge on any atom is -0.461 e. The first-order valence-electron chi connectivity index (χ1n) is 7.71. The Bertz CT molecular complexity index is 679. The molecule has 3 heterocycles. The quantitative estimate of drug-likeness (QED) is 0.922. The molecule has 2 aliphatic heterocycles. The van der Waals surface area contributed by atoms with Crippen LogP contribution in [0.2, 0.25) is 0 Å². The fourth-order valence-corrected chi connectivity index (χ4v) is 3.75. The summed E-state index contributed by atoms with van der Waals surface area (Å²) >= 11 is 0. The SMILES string of the molecule is Cc1cc2cc(C(=O)N[C@@H]3C[C@@H]4CCN(C4)C3)ccc2o1. The molecule has 0 spiro atoms. The number of carbonyl (C=O) groups excluding carboxylic acids is 1. The van der Waals surface area contributed by atoms with Crippen LogP contribution in [0, 0.1) is 12.8 Å². The molecule has 110 valence electrons. The van der Waals surface area contributed by atoms with E-state index in [-0.39, 0.29) is 5.91 Å². The van der Waals surface area contributed by atoms with Crippen LogP contribution in [0.15, 0.2) is 28.7 Å². The lowest BCUT2D eigenvalue weighted by Gasteiger charge is -2.30. The third kappa shape index (κ3) is 2.44. The van der Waals surface area contributed by atoms with Gasteiger partial charge in [-0.3, -0.25) is 4.79 Å². The molecule has 21 heavy (non-hydrogen) atoms. The maximum absolute atomic E-state index is 12.4. The van der Waals surface area contributed by atoms with Crippen molar-refractivity contribution in [1.29, 1.82) is 0 Å². The van der Waals surface area contributed by atoms with Crippen molar-refractivity contribution in [2.45, 2.75) is 25.8 Å². The van der Waals surface area contributed by atoms with Crippen molar-refractivity contribution in [2.75, 3.05) is 19.6 Å². The van der Waals surface area contributed by atoms with Crippen LogP contribution in [0.5, 0.6) is 0 Å². The first-order valence-corrected chi connectivity index (χ1v) is 7.71. The van der Waals surface area contributed by atoms with Crippen LogP contribution >= 0.6 is 0 Å². The van der Waals surface area contributed by atoms with E-state index in [2.05, 4.69) is 10.2 Å². The Morgan fingerprint density at radius 2 is 2.24 bits per heavy atom.